The summed E-state index contributed by atoms with van der Waals surface area (Å²) in [5.74, 6) is -0.427. The maximum Gasteiger partial charge on any atom is 0.242 e. The van der Waals surface area contributed by atoms with Gasteiger partial charge in [0.25, 0.3) is 0 Å². The van der Waals surface area contributed by atoms with E-state index in [1.165, 1.54) is 4.68 Å². The van der Waals surface area contributed by atoms with E-state index < -0.39 is 11.9 Å². The van der Waals surface area contributed by atoms with Crippen LogP contribution in [0.5, 0.6) is 0 Å². The summed E-state index contributed by atoms with van der Waals surface area (Å²) in [7, 11) is 1.65. The molecule has 7 heteroatoms. The van der Waals surface area contributed by atoms with Crippen LogP contribution < -0.4 is 11.1 Å². The van der Waals surface area contributed by atoms with Gasteiger partial charge < -0.3 is 15.8 Å². The van der Waals surface area contributed by atoms with Gasteiger partial charge in [-0.25, -0.2) is 4.68 Å². The van der Waals surface area contributed by atoms with Crippen molar-refractivity contribution in [2.75, 3.05) is 20.3 Å². The van der Waals surface area contributed by atoms with E-state index in [0.717, 1.165) is 12.2 Å². The SMILES string of the molecule is COCCNCc1cn(C(C)C(N)=O)nn1. The summed E-state index contributed by atoms with van der Waals surface area (Å²) in [6.07, 6.45) is 1.70. The van der Waals surface area contributed by atoms with Crippen molar-refractivity contribution in [1.82, 2.24) is 20.3 Å². The number of nitrogens with two attached hydrogens (primary N) is 1. The quantitative estimate of drug-likeness (QED) is 0.586. The number of hydrogen-bond donors (Lipinski definition) is 2. The van der Waals surface area contributed by atoms with E-state index >= 15 is 0 Å². The number of carbonyl (C=O) groups excluding carboxylic acids is 1. The Hall–Kier alpha value is -1.47. The predicted octanol–water partition coefficient (Wildman–Crippen LogP) is -0.940. The van der Waals surface area contributed by atoms with E-state index in [2.05, 4.69) is 15.6 Å². The molecule has 1 amide bonds. The van der Waals surface area contributed by atoms with E-state index in [-0.39, 0.29) is 0 Å². The summed E-state index contributed by atoms with van der Waals surface area (Å²) in [5.41, 5.74) is 5.93. The summed E-state index contributed by atoms with van der Waals surface area (Å²) in [6, 6.07) is -0.472. The lowest BCUT2D eigenvalue weighted by Crippen LogP contribution is -2.24. The highest BCUT2D eigenvalue weighted by molar-refractivity contribution is 5.77. The number of primary amides is 1. The van der Waals surface area contributed by atoms with Crippen molar-refractivity contribution >= 4 is 5.91 Å². The third-order valence-corrected chi connectivity index (χ3v) is 2.16. The van der Waals surface area contributed by atoms with Crippen LogP contribution in [0.15, 0.2) is 6.20 Å². The fourth-order valence-corrected chi connectivity index (χ4v) is 1.10. The van der Waals surface area contributed by atoms with Crippen LogP contribution in [0.25, 0.3) is 0 Å². The minimum atomic E-state index is -0.472. The number of nitrogens with zero attached hydrogens (tertiary/aromatic N) is 3. The Labute approximate surface area is 93.9 Å². The number of hydrogen-bond acceptors (Lipinski definition) is 5. The van der Waals surface area contributed by atoms with Gasteiger partial charge in [0.2, 0.25) is 5.91 Å². The molecule has 1 atom stereocenters. The first-order chi connectivity index (χ1) is 7.65. The second-order valence-electron chi connectivity index (χ2n) is 3.44. The molecule has 90 valence electrons. The van der Waals surface area contributed by atoms with Gasteiger partial charge in [0, 0.05) is 20.2 Å². The monoisotopic (exact) mass is 227 g/mol. The summed E-state index contributed by atoms with van der Waals surface area (Å²) < 4.78 is 6.34. The highest BCUT2D eigenvalue weighted by atomic mass is 16.5. The molecule has 0 bridgehead atoms. The first kappa shape index (κ1) is 12.6. The Balaban J connectivity index is 2.42. The van der Waals surface area contributed by atoms with Crippen LogP contribution in [0.3, 0.4) is 0 Å². The molecule has 0 aliphatic rings. The molecule has 0 aromatic carbocycles. The van der Waals surface area contributed by atoms with E-state index in [4.69, 9.17) is 10.5 Å². The standard InChI is InChI=1S/C9H17N5O2/c1-7(9(10)15)14-6-8(12-13-14)5-11-3-4-16-2/h6-7,11H,3-5H2,1-2H3,(H2,10,15). The number of nitrogens with one attached hydrogen (secondary N) is 1. The topological polar surface area (TPSA) is 95.1 Å². The first-order valence-electron chi connectivity index (χ1n) is 5.05. The van der Waals surface area contributed by atoms with Crippen molar-refractivity contribution in [2.24, 2.45) is 5.73 Å². The Kier molecular flexibility index (Phi) is 4.87. The molecule has 0 spiro atoms. The van der Waals surface area contributed by atoms with Gasteiger partial charge in [0.15, 0.2) is 0 Å². The van der Waals surface area contributed by atoms with Crippen LogP contribution in [0.4, 0.5) is 0 Å². The number of rotatable bonds is 7. The maximum absolute atomic E-state index is 10.9. The molecule has 0 aliphatic carbocycles. The highest BCUT2D eigenvalue weighted by Gasteiger charge is 2.12. The molecule has 1 aromatic rings. The maximum atomic E-state index is 10.9. The minimum Gasteiger partial charge on any atom is -0.383 e. The average Bonchev–Trinajstić information content (AvgIpc) is 2.72. The summed E-state index contributed by atoms with van der Waals surface area (Å²) in [6.45, 7) is 3.66. The lowest BCUT2D eigenvalue weighted by atomic mass is 10.3. The molecule has 1 rings (SSSR count). The lowest BCUT2D eigenvalue weighted by Gasteiger charge is -2.04. The second-order valence-corrected chi connectivity index (χ2v) is 3.44. The largest absolute Gasteiger partial charge is 0.383 e. The van der Waals surface area contributed by atoms with Gasteiger partial charge in [-0.15, -0.1) is 5.10 Å². The van der Waals surface area contributed by atoms with Crippen LogP contribution in [-0.4, -0.2) is 41.2 Å². The van der Waals surface area contributed by atoms with E-state index in [1.54, 1.807) is 20.2 Å². The fraction of sp³-hybridized carbons (Fsp3) is 0.667. The van der Waals surface area contributed by atoms with Crippen molar-refractivity contribution in [3.05, 3.63) is 11.9 Å². The smallest absolute Gasteiger partial charge is 0.242 e. The van der Waals surface area contributed by atoms with Gasteiger partial charge in [-0.3, -0.25) is 4.79 Å². The van der Waals surface area contributed by atoms with Gasteiger partial charge in [0.1, 0.15) is 6.04 Å². The summed E-state index contributed by atoms with van der Waals surface area (Å²) in [4.78, 5) is 10.9. The number of ether oxygens (including phenoxy) is 1. The van der Waals surface area contributed by atoms with E-state index in [0.29, 0.717) is 13.2 Å². The van der Waals surface area contributed by atoms with Gasteiger partial charge in [-0.05, 0) is 6.92 Å². The second kappa shape index (κ2) is 6.19. The molecule has 0 radical (unpaired) electrons. The molecule has 7 nitrogen and oxygen atoms in total. The van der Waals surface area contributed by atoms with Crippen molar-refractivity contribution < 1.29 is 9.53 Å². The van der Waals surface area contributed by atoms with Crippen molar-refractivity contribution in [3.63, 3.8) is 0 Å². The number of aromatic nitrogens is 3. The van der Waals surface area contributed by atoms with Crippen molar-refractivity contribution in [2.45, 2.75) is 19.5 Å². The van der Waals surface area contributed by atoms with Gasteiger partial charge in [-0.1, -0.05) is 5.21 Å². The summed E-state index contributed by atoms with van der Waals surface area (Å²) >= 11 is 0. The van der Waals surface area contributed by atoms with Crippen LogP contribution in [-0.2, 0) is 16.1 Å². The molecule has 0 fully saturated rings. The van der Waals surface area contributed by atoms with Crippen LogP contribution in [0, 0.1) is 0 Å². The molecule has 0 saturated heterocycles. The Morgan fingerprint density at radius 2 is 2.50 bits per heavy atom. The zero-order valence-electron chi connectivity index (χ0n) is 9.51. The van der Waals surface area contributed by atoms with Crippen LogP contribution in [0.2, 0.25) is 0 Å². The molecule has 16 heavy (non-hydrogen) atoms. The molecular formula is C9H17N5O2. The van der Waals surface area contributed by atoms with Crippen LogP contribution in [0.1, 0.15) is 18.7 Å². The molecule has 0 aliphatic heterocycles. The molecular weight excluding hydrogens is 210 g/mol. The number of methoxy groups -OCH3 is 1. The highest BCUT2D eigenvalue weighted by Crippen LogP contribution is 2.02. The Bertz CT molecular complexity index is 338. The number of carbonyl (C=O) groups is 1. The van der Waals surface area contributed by atoms with Crippen molar-refractivity contribution in [1.29, 1.82) is 0 Å². The minimum absolute atomic E-state index is 0.427. The molecule has 1 heterocycles. The molecule has 1 unspecified atom stereocenters. The number of amides is 1. The Morgan fingerprint density at radius 3 is 3.12 bits per heavy atom. The molecule has 3 N–H and O–H groups in total. The normalized spacial score (nSPS) is 12.6. The average molecular weight is 227 g/mol. The lowest BCUT2D eigenvalue weighted by molar-refractivity contribution is -0.120. The third kappa shape index (κ3) is 3.59. The van der Waals surface area contributed by atoms with Crippen LogP contribution >= 0.6 is 0 Å². The molecule has 1 aromatic heterocycles. The van der Waals surface area contributed by atoms with Crippen molar-refractivity contribution in [3.8, 4) is 0 Å². The predicted molar refractivity (Wildman–Crippen MR) is 57.5 cm³/mol. The van der Waals surface area contributed by atoms with E-state index in [1.807, 2.05) is 0 Å². The third-order valence-electron chi connectivity index (χ3n) is 2.16. The Morgan fingerprint density at radius 1 is 1.75 bits per heavy atom. The van der Waals surface area contributed by atoms with Gasteiger partial charge in [0.05, 0.1) is 18.5 Å². The van der Waals surface area contributed by atoms with Gasteiger partial charge in [-0.2, -0.15) is 0 Å². The summed E-state index contributed by atoms with van der Waals surface area (Å²) in [5, 5.41) is 10.9. The zero-order chi connectivity index (χ0) is 12.0. The van der Waals surface area contributed by atoms with E-state index in [9.17, 15) is 4.79 Å². The fourth-order valence-electron chi connectivity index (χ4n) is 1.10. The molecule has 0 saturated carbocycles. The van der Waals surface area contributed by atoms with Gasteiger partial charge >= 0.3 is 0 Å². The zero-order valence-corrected chi connectivity index (χ0v) is 9.51. The first-order valence-corrected chi connectivity index (χ1v) is 5.05.